The average Bonchev–Trinajstić information content (AvgIpc) is 2.71. The van der Waals surface area contributed by atoms with E-state index in [1.807, 2.05) is 6.92 Å². The van der Waals surface area contributed by atoms with Crippen LogP contribution < -0.4 is 20.1 Å². The van der Waals surface area contributed by atoms with Gasteiger partial charge in [-0.05, 0) is 25.5 Å². The first-order chi connectivity index (χ1) is 13.6. The van der Waals surface area contributed by atoms with Crippen molar-refractivity contribution in [2.45, 2.75) is 26.4 Å². The fourth-order valence-electron chi connectivity index (χ4n) is 2.43. The maximum absolute atomic E-state index is 12.7. The molecule has 0 radical (unpaired) electrons. The average molecular weight is 384 g/mol. The lowest BCUT2D eigenvalue weighted by Gasteiger charge is -2.20. The molecule has 2 rings (SSSR count). The first-order valence-electron chi connectivity index (χ1n) is 9.11. The summed E-state index contributed by atoms with van der Waals surface area (Å²) in [5, 5.41) is 4.75. The van der Waals surface area contributed by atoms with Crippen LogP contribution in [0.2, 0.25) is 0 Å². The van der Waals surface area contributed by atoms with Gasteiger partial charge in [-0.2, -0.15) is 0 Å². The third-order valence-electron chi connectivity index (χ3n) is 3.74. The van der Waals surface area contributed by atoms with Crippen molar-refractivity contribution in [1.29, 1.82) is 0 Å². The molecule has 0 aliphatic carbocycles. The Kier molecular flexibility index (Phi) is 8.02. The molecular formula is C21H24N2O5. The van der Waals surface area contributed by atoms with Gasteiger partial charge < -0.3 is 14.8 Å². The molecule has 1 atom stereocenters. The fraction of sp³-hybridized carbons (Fsp3) is 0.286. The molecule has 0 saturated carbocycles. The summed E-state index contributed by atoms with van der Waals surface area (Å²) >= 11 is 0. The lowest BCUT2D eigenvalue weighted by molar-refractivity contribution is -0.127. The molecule has 148 valence electrons. The van der Waals surface area contributed by atoms with E-state index in [1.54, 1.807) is 55.5 Å². The number of benzene rings is 2. The molecule has 0 aromatic heterocycles. The lowest BCUT2D eigenvalue weighted by Crippen LogP contribution is -2.42. The van der Waals surface area contributed by atoms with Gasteiger partial charge in [-0.3, -0.25) is 14.9 Å². The van der Waals surface area contributed by atoms with Crippen LogP contribution in [0.25, 0.3) is 0 Å². The number of ether oxygens (including phenoxy) is 2. The molecule has 3 amide bonds. The Labute approximate surface area is 164 Å². The van der Waals surface area contributed by atoms with Gasteiger partial charge in [-0.1, -0.05) is 37.3 Å². The van der Waals surface area contributed by atoms with Crippen LogP contribution in [0.5, 0.6) is 11.5 Å². The molecule has 0 aliphatic rings. The van der Waals surface area contributed by atoms with Crippen LogP contribution in [-0.4, -0.2) is 31.4 Å². The molecular weight excluding hydrogens is 360 g/mol. The van der Waals surface area contributed by atoms with Gasteiger partial charge in [0.2, 0.25) is 6.10 Å². The summed E-state index contributed by atoms with van der Waals surface area (Å²) in [5.41, 5.74) is 0.816. The van der Waals surface area contributed by atoms with Crippen molar-refractivity contribution in [1.82, 2.24) is 10.6 Å². The molecule has 0 heterocycles. The van der Waals surface area contributed by atoms with Crippen molar-refractivity contribution in [2.75, 3.05) is 13.2 Å². The largest absolute Gasteiger partial charge is 0.493 e. The summed E-state index contributed by atoms with van der Waals surface area (Å²) in [7, 11) is 0. The second-order valence-corrected chi connectivity index (χ2v) is 5.92. The Morgan fingerprint density at radius 1 is 1.11 bits per heavy atom. The van der Waals surface area contributed by atoms with Gasteiger partial charge in [0.05, 0.1) is 12.2 Å². The Bertz CT molecular complexity index is 808. The number of carbonyl (C=O) groups excluding carboxylic acids is 3. The zero-order chi connectivity index (χ0) is 20.4. The highest BCUT2D eigenvalue weighted by Gasteiger charge is 2.25. The molecule has 0 spiro atoms. The first-order valence-corrected chi connectivity index (χ1v) is 9.11. The molecule has 0 bridgehead atoms. The second-order valence-electron chi connectivity index (χ2n) is 5.92. The van der Waals surface area contributed by atoms with E-state index in [1.165, 1.54) is 0 Å². The summed E-state index contributed by atoms with van der Waals surface area (Å²) in [4.78, 5) is 35.9. The number of imide groups is 1. The van der Waals surface area contributed by atoms with E-state index in [0.29, 0.717) is 30.8 Å². The van der Waals surface area contributed by atoms with Crippen LogP contribution in [-0.2, 0) is 4.79 Å². The van der Waals surface area contributed by atoms with E-state index in [4.69, 9.17) is 9.47 Å². The first kappa shape index (κ1) is 21.0. The number of nitrogens with one attached hydrogen (secondary N) is 2. The Morgan fingerprint density at radius 3 is 2.50 bits per heavy atom. The number of hydrogen-bond donors (Lipinski definition) is 2. The van der Waals surface area contributed by atoms with Crippen LogP contribution in [0.4, 0.5) is 4.79 Å². The van der Waals surface area contributed by atoms with Gasteiger partial charge in [0.25, 0.3) is 5.91 Å². The van der Waals surface area contributed by atoms with Crippen LogP contribution in [0.1, 0.15) is 42.3 Å². The smallest absolute Gasteiger partial charge is 0.321 e. The topological polar surface area (TPSA) is 93.7 Å². The van der Waals surface area contributed by atoms with Gasteiger partial charge in [0, 0.05) is 18.2 Å². The van der Waals surface area contributed by atoms with E-state index < -0.39 is 18.0 Å². The maximum atomic E-state index is 12.7. The number of amides is 3. The minimum absolute atomic E-state index is 0.198. The number of carbonyl (C=O) groups is 3. The molecule has 0 aliphatic heterocycles. The van der Waals surface area contributed by atoms with Crippen LogP contribution in [0.15, 0.2) is 48.5 Å². The predicted octanol–water partition coefficient (Wildman–Crippen LogP) is 3.25. The van der Waals surface area contributed by atoms with Crippen LogP contribution >= 0.6 is 0 Å². The summed E-state index contributed by atoms with van der Waals surface area (Å²) in [5.74, 6) is 0.0794. The minimum atomic E-state index is -1.12. The van der Waals surface area contributed by atoms with Crippen molar-refractivity contribution in [3.8, 4) is 11.5 Å². The quantitative estimate of drug-likeness (QED) is 0.647. The van der Waals surface area contributed by atoms with E-state index in [-0.39, 0.29) is 11.3 Å². The van der Waals surface area contributed by atoms with Crippen molar-refractivity contribution < 1.29 is 23.9 Å². The Hall–Kier alpha value is -3.35. The van der Waals surface area contributed by atoms with Gasteiger partial charge in [0.15, 0.2) is 6.29 Å². The molecule has 0 saturated heterocycles. The van der Waals surface area contributed by atoms with E-state index in [0.717, 1.165) is 6.42 Å². The van der Waals surface area contributed by atoms with E-state index in [9.17, 15) is 14.4 Å². The number of hydrogen-bond acceptors (Lipinski definition) is 5. The van der Waals surface area contributed by atoms with Gasteiger partial charge in [-0.25, -0.2) is 4.79 Å². The maximum Gasteiger partial charge on any atom is 0.321 e. The standard InChI is InChI=1S/C21H24N2O5/c1-3-12-27-17-11-10-16(14-24)18(13-17)28-19(15-8-6-5-7-9-15)20(25)23-21(26)22-4-2/h5-11,13-14,19H,3-4,12H2,1-2H3,(H2,22,23,25,26)/t19-/m1/s1. The molecule has 28 heavy (non-hydrogen) atoms. The highest BCUT2D eigenvalue weighted by atomic mass is 16.5. The lowest BCUT2D eigenvalue weighted by atomic mass is 10.1. The Morgan fingerprint density at radius 2 is 1.86 bits per heavy atom. The summed E-state index contributed by atoms with van der Waals surface area (Å²) in [6, 6.07) is 12.9. The normalized spacial score (nSPS) is 11.2. The van der Waals surface area contributed by atoms with Crippen molar-refractivity contribution >= 4 is 18.2 Å². The molecule has 0 unspecified atom stereocenters. The monoisotopic (exact) mass is 384 g/mol. The van der Waals surface area contributed by atoms with Gasteiger partial charge in [-0.15, -0.1) is 0 Å². The van der Waals surface area contributed by atoms with Crippen molar-refractivity contribution in [2.24, 2.45) is 0 Å². The van der Waals surface area contributed by atoms with Crippen molar-refractivity contribution in [3.63, 3.8) is 0 Å². The summed E-state index contributed by atoms with van der Waals surface area (Å²) in [6.07, 6.45) is 0.347. The van der Waals surface area contributed by atoms with Crippen LogP contribution in [0, 0.1) is 0 Å². The predicted molar refractivity (Wildman–Crippen MR) is 105 cm³/mol. The molecule has 2 aromatic carbocycles. The minimum Gasteiger partial charge on any atom is -0.493 e. The summed E-state index contributed by atoms with van der Waals surface area (Å²) in [6.45, 7) is 4.61. The number of urea groups is 1. The zero-order valence-electron chi connectivity index (χ0n) is 15.9. The Balaban J connectivity index is 2.32. The molecule has 7 heteroatoms. The number of rotatable bonds is 9. The highest BCUT2D eigenvalue weighted by Crippen LogP contribution is 2.29. The zero-order valence-corrected chi connectivity index (χ0v) is 15.9. The molecule has 2 N–H and O–H groups in total. The number of aldehydes is 1. The molecule has 0 fully saturated rings. The highest BCUT2D eigenvalue weighted by molar-refractivity contribution is 5.97. The third kappa shape index (κ3) is 5.84. The third-order valence-corrected chi connectivity index (χ3v) is 3.74. The fourth-order valence-corrected chi connectivity index (χ4v) is 2.43. The van der Waals surface area contributed by atoms with E-state index in [2.05, 4.69) is 10.6 Å². The summed E-state index contributed by atoms with van der Waals surface area (Å²) < 4.78 is 11.5. The molecule has 7 nitrogen and oxygen atoms in total. The van der Waals surface area contributed by atoms with Gasteiger partial charge in [0.1, 0.15) is 11.5 Å². The van der Waals surface area contributed by atoms with Crippen molar-refractivity contribution in [3.05, 3.63) is 59.7 Å². The van der Waals surface area contributed by atoms with E-state index >= 15 is 0 Å². The second kappa shape index (κ2) is 10.7. The molecule has 2 aromatic rings. The SMILES string of the molecule is CCCOc1ccc(C=O)c(O[C@@H](C(=O)NC(=O)NCC)c2ccccc2)c1. The van der Waals surface area contributed by atoms with Gasteiger partial charge >= 0.3 is 6.03 Å². The van der Waals surface area contributed by atoms with Crippen LogP contribution in [0.3, 0.4) is 0 Å².